The molecular formula is C14H18FN3S. The van der Waals surface area contributed by atoms with Gasteiger partial charge in [0.15, 0.2) is 5.11 Å². The number of nitrogens with one attached hydrogen (secondary N) is 2. The summed E-state index contributed by atoms with van der Waals surface area (Å²) in [6.45, 7) is 2.17. The molecule has 0 aromatic heterocycles. The third-order valence-electron chi connectivity index (χ3n) is 3.31. The van der Waals surface area contributed by atoms with Crippen molar-refractivity contribution in [3.8, 4) is 0 Å². The van der Waals surface area contributed by atoms with Crippen LogP contribution in [-0.2, 0) is 0 Å². The first-order chi connectivity index (χ1) is 9.16. The number of thiocarbonyl (C=S) groups is 1. The maximum absolute atomic E-state index is 13.4. The molecule has 19 heavy (non-hydrogen) atoms. The van der Waals surface area contributed by atoms with E-state index in [1.165, 1.54) is 25.3 Å². The fourth-order valence-electron chi connectivity index (χ4n) is 2.17. The molecule has 0 saturated heterocycles. The van der Waals surface area contributed by atoms with Crippen molar-refractivity contribution < 1.29 is 4.39 Å². The van der Waals surface area contributed by atoms with E-state index >= 15 is 0 Å². The van der Waals surface area contributed by atoms with Gasteiger partial charge in [-0.2, -0.15) is 5.10 Å². The summed E-state index contributed by atoms with van der Waals surface area (Å²) in [6.07, 6.45) is 4.63. The molecule has 1 atom stereocenters. The molecule has 1 aliphatic rings. The van der Waals surface area contributed by atoms with Crippen LogP contribution in [0.25, 0.3) is 0 Å². The third-order valence-corrected chi connectivity index (χ3v) is 3.51. The summed E-state index contributed by atoms with van der Waals surface area (Å²) < 4.78 is 13.4. The largest absolute Gasteiger partial charge is 0.329 e. The summed E-state index contributed by atoms with van der Waals surface area (Å²) in [5.41, 5.74) is 4.30. The molecule has 0 bridgehead atoms. The highest BCUT2D eigenvalue weighted by atomic mass is 32.1. The topological polar surface area (TPSA) is 36.4 Å². The number of hydrogen-bond acceptors (Lipinski definition) is 2. The van der Waals surface area contributed by atoms with Gasteiger partial charge >= 0.3 is 0 Å². The first-order valence-corrected chi connectivity index (χ1v) is 6.95. The van der Waals surface area contributed by atoms with Crippen LogP contribution in [0.4, 0.5) is 10.1 Å². The number of hydrogen-bond donors (Lipinski definition) is 2. The highest BCUT2D eigenvalue weighted by molar-refractivity contribution is 7.80. The molecule has 1 fully saturated rings. The van der Waals surface area contributed by atoms with Crippen LogP contribution in [0.1, 0.15) is 32.6 Å². The van der Waals surface area contributed by atoms with Crippen LogP contribution in [-0.4, -0.2) is 10.8 Å². The van der Waals surface area contributed by atoms with Crippen LogP contribution in [0.15, 0.2) is 29.4 Å². The Morgan fingerprint density at radius 1 is 1.37 bits per heavy atom. The van der Waals surface area contributed by atoms with Crippen molar-refractivity contribution in [3.63, 3.8) is 0 Å². The Morgan fingerprint density at radius 3 is 2.89 bits per heavy atom. The molecule has 3 nitrogen and oxygen atoms in total. The number of para-hydroxylation sites is 1. The minimum atomic E-state index is -0.328. The van der Waals surface area contributed by atoms with Gasteiger partial charge in [0.25, 0.3) is 0 Å². The molecule has 2 rings (SSSR count). The van der Waals surface area contributed by atoms with Crippen LogP contribution in [0.2, 0.25) is 0 Å². The van der Waals surface area contributed by atoms with Crippen LogP contribution in [0.5, 0.6) is 0 Å². The van der Waals surface area contributed by atoms with E-state index in [9.17, 15) is 4.39 Å². The summed E-state index contributed by atoms with van der Waals surface area (Å²) >= 11 is 5.11. The Morgan fingerprint density at radius 2 is 2.16 bits per heavy atom. The number of benzene rings is 1. The van der Waals surface area contributed by atoms with Gasteiger partial charge in [0.1, 0.15) is 5.82 Å². The second kappa shape index (κ2) is 6.61. The number of rotatable bonds is 2. The fourth-order valence-corrected chi connectivity index (χ4v) is 2.33. The molecular weight excluding hydrogens is 261 g/mol. The van der Waals surface area contributed by atoms with E-state index in [2.05, 4.69) is 22.8 Å². The van der Waals surface area contributed by atoms with E-state index in [0.29, 0.717) is 16.7 Å². The van der Waals surface area contributed by atoms with Gasteiger partial charge in [-0.15, -0.1) is 0 Å². The van der Waals surface area contributed by atoms with E-state index in [-0.39, 0.29) is 5.82 Å². The molecule has 0 aliphatic heterocycles. The zero-order chi connectivity index (χ0) is 13.7. The van der Waals surface area contributed by atoms with Crippen molar-refractivity contribution in [2.45, 2.75) is 32.6 Å². The average Bonchev–Trinajstić information content (AvgIpc) is 2.40. The quantitative estimate of drug-likeness (QED) is 0.640. The molecule has 2 N–H and O–H groups in total. The van der Waals surface area contributed by atoms with Crippen LogP contribution in [0.3, 0.4) is 0 Å². The monoisotopic (exact) mass is 279 g/mol. The van der Waals surface area contributed by atoms with Crippen molar-refractivity contribution in [2.75, 3.05) is 5.32 Å². The van der Waals surface area contributed by atoms with Crippen LogP contribution < -0.4 is 10.7 Å². The molecule has 1 aromatic carbocycles. The Labute approximate surface area is 118 Å². The number of nitrogens with zero attached hydrogens (tertiary/aromatic N) is 1. The maximum atomic E-state index is 13.4. The smallest absolute Gasteiger partial charge is 0.191 e. The molecule has 102 valence electrons. The lowest BCUT2D eigenvalue weighted by molar-refractivity contribution is 0.555. The van der Waals surface area contributed by atoms with E-state index in [4.69, 9.17) is 12.2 Å². The third kappa shape index (κ3) is 3.99. The van der Waals surface area contributed by atoms with Gasteiger partial charge in [0, 0.05) is 5.71 Å². The molecule has 0 heterocycles. The Bertz CT molecular complexity index is 487. The molecule has 0 spiro atoms. The van der Waals surface area contributed by atoms with E-state index in [0.717, 1.165) is 12.1 Å². The maximum Gasteiger partial charge on any atom is 0.191 e. The summed E-state index contributed by atoms with van der Waals surface area (Å²) in [5.74, 6) is 0.169. The van der Waals surface area contributed by atoms with Crippen molar-refractivity contribution >= 4 is 28.7 Å². The van der Waals surface area contributed by atoms with Crippen LogP contribution >= 0.6 is 12.2 Å². The molecule has 1 aromatic rings. The second-order valence-electron chi connectivity index (χ2n) is 4.80. The predicted molar refractivity (Wildman–Crippen MR) is 80.8 cm³/mol. The SMILES string of the molecule is C[C@@H]1CCCC/C1=N/NC(=S)Nc1ccccc1F. The first-order valence-electron chi connectivity index (χ1n) is 6.55. The zero-order valence-electron chi connectivity index (χ0n) is 10.9. The predicted octanol–water partition coefficient (Wildman–Crippen LogP) is 3.68. The minimum Gasteiger partial charge on any atom is -0.329 e. The summed E-state index contributed by atoms with van der Waals surface area (Å²) in [5, 5.41) is 7.45. The van der Waals surface area contributed by atoms with Gasteiger partial charge in [0.05, 0.1) is 5.69 Å². The average molecular weight is 279 g/mol. The molecule has 0 radical (unpaired) electrons. The van der Waals surface area contributed by atoms with Gasteiger partial charge in [-0.05, 0) is 49.5 Å². The highest BCUT2D eigenvalue weighted by Gasteiger charge is 2.15. The molecule has 1 saturated carbocycles. The van der Waals surface area contributed by atoms with Gasteiger partial charge in [-0.1, -0.05) is 25.5 Å². The van der Waals surface area contributed by atoms with Gasteiger partial charge in [-0.3, -0.25) is 5.43 Å². The van der Waals surface area contributed by atoms with E-state index in [1.54, 1.807) is 18.2 Å². The van der Waals surface area contributed by atoms with Crippen molar-refractivity contribution in [1.82, 2.24) is 5.43 Å². The van der Waals surface area contributed by atoms with E-state index in [1.807, 2.05) is 0 Å². The molecule has 1 aliphatic carbocycles. The number of halogens is 1. The Kier molecular flexibility index (Phi) is 4.85. The van der Waals surface area contributed by atoms with Gasteiger partial charge in [-0.25, -0.2) is 4.39 Å². The first kappa shape index (κ1) is 13.9. The number of anilines is 1. The zero-order valence-corrected chi connectivity index (χ0v) is 11.8. The second-order valence-corrected chi connectivity index (χ2v) is 5.20. The van der Waals surface area contributed by atoms with Crippen molar-refractivity contribution in [1.29, 1.82) is 0 Å². The Balaban J connectivity index is 1.91. The molecule has 0 amide bonds. The van der Waals surface area contributed by atoms with Crippen LogP contribution in [0, 0.1) is 11.7 Å². The molecule has 5 heteroatoms. The minimum absolute atomic E-state index is 0.315. The summed E-state index contributed by atoms with van der Waals surface area (Å²) in [4.78, 5) is 0. The normalized spacial score (nSPS) is 21.2. The number of hydrazone groups is 1. The lowest BCUT2D eigenvalue weighted by atomic mass is 9.89. The summed E-state index contributed by atoms with van der Waals surface area (Å²) in [6, 6.07) is 6.42. The lowest BCUT2D eigenvalue weighted by Gasteiger charge is -2.20. The summed E-state index contributed by atoms with van der Waals surface area (Å²) in [7, 11) is 0. The molecule has 0 unspecified atom stereocenters. The van der Waals surface area contributed by atoms with E-state index < -0.39 is 0 Å². The standard InChI is InChI=1S/C14H18FN3S/c1-10-6-2-4-8-12(10)17-18-14(19)16-13-9-5-3-7-11(13)15/h3,5,7,9-10H,2,4,6,8H2,1H3,(H2,16,18,19)/b17-12-/t10-/m1/s1. The van der Waals surface area contributed by atoms with Gasteiger partial charge in [0.2, 0.25) is 0 Å². The lowest BCUT2D eigenvalue weighted by Crippen LogP contribution is -2.28. The Hall–Kier alpha value is -1.49. The highest BCUT2D eigenvalue weighted by Crippen LogP contribution is 2.20. The fraction of sp³-hybridized carbons (Fsp3) is 0.429. The van der Waals surface area contributed by atoms with Crippen molar-refractivity contribution in [3.05, 3.63) is 30.1 Å². The van der Waals surface area contributed by atoms with Gasteiger partial charge < -0.3 is 5.32 Å². The van der Waals surface area contributed by atoms with Crippen molar-refractivity contribution in [2.24, 2.45) is 11.0 Å².